The first-order valence-electron chi connectivity index (χ1n) is 10.7. The molecule has 1 fully saturated rings. The largest absolute Gasteiger partial charge is 0.405 e. The van der Waals surface area contributed by atoms with Crippen LogP contribution in [0.15, 0.2) is 18.2 Å². The normalized spacial score (nSPS) is 15.6. The van der Waals surface area contributed by atoms with Gasteiger partial charge < -0.3 is 10.6 Å². The number of benzene rings is 1. The molecule has 30 heavy (non-hydrogen) atoms. The zero-order chi connectivity index (χ0) is 21.9. The first-order chi connectivity index (χ1) is 14.1. The molecular weight excluding hydrogens is 391 g/mol. The van der Waals surface area contributed by atoms with Gasteiger partial charge in [-0.25, -0.2) is 4.98 Å². The Kier molecular flexibility index (Phi) is 6.88. The zero-order valence-electron chi connectivity index (χ0n) is 17.8. The fourth-order valence-corrected chi connectivity index (χ4v) is 4.10. The first-order valence-corrected chi connectivity index (χ1v) is 10.7. The summed E-state index contributed by atoms with van der Waals surface area (Å²) in [7, 11) is 0. The monoisotopic (exact) mass is 421 g/mol. The Morgan fingerprint density at radius 2 is 1.87 bits per heavy atom. The van der Waals surface area contributed by atoms with Crippen LogP contribution in [0.25, 0.3) is 10.9 Å². The number of nitrogens with zero attached hydrogens (tertiary/aromatic N) is 1. The molecular formula is C23H30F3N3O. The van der Waals surface area contributed by atoms with Crippen molar-refractivity contribution in [3.8, 4) is 0 Å². The van der Waals surface area contributed by atoms with E-state index in [1.807, 2.05) is 20.8 Å². The minimum absolute atomic E-state index is 0.0487. The summed E-state index contributed by atoms with van der Waals surface area (Å²) < 4.78 is 37.9. The van der Waals surface area contributed by atoms with E-state index in [1.54, 1.807) is 18.2 Å². The number of rotatable bonds is 6. The van der Waals surface area contributed by atoms with Crippen molar-refractivity contribution < 1.29 is 18.0 Å². The van der Waals surface area contributed by atoms with Gasteiger partial charge in [-0.2, -0.15) is 13.2 Å². The van der Waals surface area contributed by atoms with Gasteiger partial charge in [-0.1, -0.05) is 33.1 Å². The lowest BCUT2D eigenvalue weighted by Gasteiger charge is -2.21. The molecule has 0 aliphatic heterocycles. The van der Waals surface area contributed by atoms with E-state index in [1.165, 1.54) is 19.3 Å². The van der Waals surface area contributed by atoms with Gasteiger partial charge in [0.2, 0.25) is 0 Å². The summed E-state index contributed by atoms with van der Waals surface area (Å²) in [6.07, 6.45) is 1.71. The molecule has 1 saturated carbocycles. The number of nitrogens with one attached hydrogen (secondary N) is 2. The summed E-state index contributed by atoms with van der Waals surface area (Å²) in [5, 5.41) is 6.24. The van der Waals surface area contributed by atoms with Crippen molar-refractivity contribution >= 4 is 22.5 Å². The van der Waals surface area contributed by atoms with Crippen molar-refractivity contribution in [3.05, 3.63) is 35.0 Å². The molecule has 0 bridgehead atoms. The van der Waals surface area contributed by atoms with Crippen LogP contribution in [0.2, 0.25) is 0 Å². The number of amides is 1. The van der Waals surface area contributed by atoms with E-state index in [0.29, 0.717) is 29.4 Å². The summed E-state index contributed by atoms with van der Waals surface area (Å²) in [6.45, 7) is 5.36. The molecule has 1 aromatic carbocycles. The SMILES string of the molecule is Cc1cc(C(=O)NCC2CCCCC2)nc2c(C(C)C)cc(NCC(F)(F)F)cc12. The highest BCUT2D eigenvalue weighted by molar-refractivity contribution is 5.97. The summed E-state index contributed by atoms with van der Waals surface area (Å²) in [5.41, 5.74) is 3.07. The number of aromatic nitrogens is 1. The number of hydrogen-bond acceptors (Lipinski definition) is 3. The van der Waals surface area contributed by atoms with Gasteiger partial charge in [-0.05, 0) is 60.9 Å². The van der Waals surface area contributed by atoms with E-state index < -0.39 is 12.7 Å². The highest BCUT2D eigenvalue weighted by atomic mass is 19.4. The number of hydrogen-bond donors (Lipinski definition) is 2. The summed E-state index contributed by atoms with van der Waals surface area (Å²) >= 11 is 0. The number of fused-ring (bicyclic) bond motifs is 1. The van der Waals surface area contributed by atoms with Crippen LogP contribution >= 0.6 is 0 Å². The standard InChI is InChI=1S/C23H30F3N3O/c1-14(2)18-10-17(28-13-23(24,25)26)11-19-15(3)9-20(29-21(18)19)22(30)27-12-16-7-5-4-6-8-16/h9-11,14,16,28H,4-8,12-13H2,1-3H3,(H,27,30). The predicted molar refractivity (Wildman–Crippen MR) is 114 cm³/mol. The first kappa shape index (κ1) is 22.4. The molecule has 1 aliphatic carbocycles. The maximum absolute atomic E-state index is 12.7. The van der Waals surface area contributed by atoms with E-state index in [9.17, 15) is 18.0 Å². The molecule has 0 saturated heterocycles. The van der Waals surface area contributed by atoms with Crippen LogP contribution < -0.4 is 10.6 Å². The molecule has 4 nitrogen and oxygen atoms in total. The topological polar surface area (TPSA) is 54.0 Å². The van der Waals surface area contributed by atoms with Crippen molar-refractivity contribution in [2.75, 3.05) is 18.4 Å². The van der Waals surface area contributed by atoms with Crippen molar-refractivity contribution in [2.45, 2.75) is 65.0 Å². The van der Waals surface area contributed by atoms with Gasteiger partial charge in [0, 0.05) is 17.6 Å². The molecule has 2 N–H and O–H groups in total. The lowest BCUT2D eigenvalue weighted by molar-refractivity contribution is -0.115. The van der Waals surface area contributed by atoms with Crippen molar-refractivity contribution in [2.24, 2.45) is 5.92 Å². The van der Waals surface area contributed by atoms with Gasteiger partial charge >= 0.3 is 6.18 Å². The second-order valence-corrected chi connectivity index (χ2v) is 8.62. The van der Waals surface area contributed by atoms with E-state index >= 15 is 0 Å². The van der Waals surface area contributed by atoms with Gasteiger partial charge in [0.05, 0.1) is 5.52 Å². The van der Waals surface area contributed by atoms with Crippen LogP contribution in [-0.2, 0) is 0 Å². The van der Waals surface area contributed by atoms with Crippen LogP contribution in [0.3, 0.4) is 0 Å². The molecule has 1 aliphatic rings. The Bertz CT molecular complexity index is 903. The highest BCUT2D eigenvalue weighted by Crippen LogP contribution is 2.31. The van der Waals surface area contributed by atoms with E-state index in [-0.39, 0.29) is 11.8 Å². The average molecular weight is 422 g/mol. The third-order valence-electron chi connectivity index (χ3n) is 5.77. The minimum Gasteiger partial charge on any atom is -0.376 e. The molecule has 1 heterocycles. The van der Waals surface area contributed by atoms with Gasteiger partial charge in [-0.15, -0.1) is 0 Å². The Morgan fingerprint density at radius 3 is 2.50 bits per heavy atom. The summed E-state index contributed by atoms with van der Waals surface area (Å²) in [4.78, 5) is 17.3. The van der Waals surface area contributed by atoms with Crippen molar-refractivity contribution in [3.63, 3.8) is 0 Å². The lowest BCUT2D eigenvalue weighted by Crippen LogP contribution is -2.31. The quantitative estimate of drug-likeness (QED) is 0.606. The molecule has 1 aromatic heterocycles. The fraction of sp³-hybridized carbons (Fsp3) is 0.565. The van der Waals surface area contributed by atoms with Crippen LogP contribution in [0.4, 0.5) is 18.9 Å². The molecule has 7 heteroatoms. The van der Waals surface area contributed by atoms with Crippen LogP contribution in [-0.4, -0.2) is 30.2 Å². The van der Waals surface area contributed by atoms with Gasteiger partial charge in [-0.3, -0.25) is 4.79 Å². The van der Waals surface area contributed by atoms with Gasteiger partial charge in [0.15, 0.2) is 0 Å². The Morgan fingerprint density at radius 1 is 1.17 bits per heavy atom. The number of alkyl halides is 3. The van der Waals surface area contributed by atoms with E-state index in [0.717, 1.165) is 29.4 Å². The third kappa shape index (κ3) is 5.64. The second-order valence-electron chi connectivity index (χ2n) is 8.62. The maximum Gasteiger partial charge on any atom is 0.405 e. The molecule has 3 rings (SSSR count). The summed E-state index contributed by atoms with van der Waals surface area (Å²) in [5.74, 6) is 0.380. The van der Waals surface area contributed by atoms with Crippen molar-refractivity contribution in [1.82, 2.24) is 10.3 Å². The summed E-state index contributed by atoms with van der Waals surface area (Å²) in [6, 6.07) is 5.10. The second kappa shape index (κ2) is 9.23. The van der Waals surface area contributed by atoms with Crippen molar-refractivity contribution in [1.29, 1.82) is 0 Å². The van der Waals surface area contributed by atoms with E-state index in [4.69, 9.17) is 0 Å². The van der Waals surface area contributed by atoms with Gasteiger partial charge in [0.1, 0.15) is 12.2 Å². The third-order valence-corrected chi connectivity index (χ3v) is 5.77. The number of carbonyl (C=O) groups is 1. The molecule has 0 spiro atoms. The molecule has 0 radical (unpaired) electrons. The number of aryl methyl sites for hydroxylation is 1. The number of pyridine rings is 1. The molecule has 0 unspecified atom stereocenters. The number of carbonyl (C=O) groups excluding carboxylic acids is 1. The molecule has 1 amide bonds. The fourth-order valence-electron chi connectivity index (χ4n) is 4.10. The highest BCUT2D eigenvalue weighted by Gasteiger charge is 2.27. The molecule has 164 valence electrons. The van der Waals surface area contributed by atoms with Crippen LogP contribution in [0.1, 0.15) is 73.5 Å². The van der Waals surface area contributed by atoms with Crippen LogP contribution in [0.5, 0.6) is 0 Å². The lowest BCUT2D eigenvalue weighted by atomic mass is 9.89. The van der Waals surface area contributed by atoms with Crippen LogP contribution in [0, 0.1) is 12.8 Å². The Hall–Kier alpha value is -2.31. The Labute approximate surface area is 175 Å². The predicted octanol–water partition coefficient (Wildman–Crippen LogP) is 5.95. The molecule has 0 atom stereocenters. The minimum atomic E-state index is -4.29. The zero-order valence-corrected chi connectivity index (χ0v) is 17.8. The Balaban J connectivity index is 1.87. The molecule has 2 aromatic rings. The smallest absolute Gasteiger partial charge is 0.376 e. The number of halogens is 3. The maximum atomic E-state index is 12.7. The number of anilines is 1. The van der Waals surface area contributed by atoms with Gasteiger partial charge in [0.25, 0.3) is 5.91 Å². The average Bonchev–Trinajstić information content (AvgIpc) is 2.70. The van der Waals surface area contributed by atoms with E-state index in [2.05, 4.69) is 15.6 Å².